The van der Waals surface area contributed by atoms with E-state index in [0.717, 1.165) is 6.07 Å². The van der Waals surface area contributed by atoms with Crippen LogP contribution >= 0.6 is 0 Å². The molecule has 2 N–H and O–H groups in total. The van der Waals surface area contributed by atoms with Crippen molar-refractivity contribution in [3.8, 4) is 0 Å². The molecule has 0 aliphatic rings. The second-order valence-corrected chi connectivity index (χ2v) is 4.38. The van der Waals surface area contributed by atoms with Crippen LogP contribution < -0.4 is 5.73 Å². The van der Waals surface area contributed by atoms with Crippen molar-refractivity contribution in [2.45, 2.75) is 26.9 Å². The van der Waals surface area contributed by atoms with Gasteiger partial charge in [-0.2, -0.15) is 0 Å². The fourth-order valence-corrected chi connectivity index (χ4v) is 1.47. The molecule has 0 aliphatic carbocycles. The Balaban J connectivity index is 2.92. The highest BCUT2D eigenvalue weighted by Crippen LogP contribution is 2.21. The fraction of sp³-hybridized carbons (Fsp3) is 0.385. The SMILES string of the molecule is CC[C@@H](C)C(=O)OCc1ccc(C(N)=O)cc1[N+](=O)[O-]. The molecule has 0 aromatic heterocycles. The van der Waals surface area contributed by atoms with E-state index in [0.29, 0.717) is 6.42 Å². The Bertz CT molecular complexity index is 542. The first-order chi connectivity index (χ1) is 9.36. The Kier molecular flexibility index (Phi) is 5.19. The van der Waals surface area contributed by atoms with Gasteiger partial charge in [0.15, 0.2) is 0 Å². The zero-order valence-electron chi connectivity index (χ0n) is 11.3. The van der Waals surface area contributed by atoms with Gasteiger partial charge in [0, 0.05) is 11.6 Å². The lowest BCUT2D eigenvalue weighted by atomic mass is 10.1. The number of nitro benzene ring substituents is 1. The molecule has 1 rings (SSSR count). The van der Waals surface area contributed by atoms with E-state index in [4.69, 9.17) is 10.5 Å². The molecule has 0 saturated heterocycles. The number of ether oxygens (including phenoxy) is 1. The molecule has 7 heteroatoms. The van der Waals surface area contributed by atoms with Gasteiger partial charge >= 0.3 is 5.97 Å². The van der Waals surface area contributed by atoms with E-state index in [2.05, 4.69) is 0 Å². The van der Waals surface area contributed by atoms with E-state index in [1.165, 1.54) is 12.1 Å². The van der Waals surface area contributed by atoms with E-state index in [1.807, 2.05) is 6.92 Å². The summed E-state index contributed by atoms with van der Waals surface area (Å²) in [6, 6.07) is 3.80. The van der Waals surface area contributed by atoms with Crippen molar-refractivity contribution in [3.05, 3.63) is 39.4 Å². The Morgan fingerprint density at radius 1 is 1.45 bits per heavy atom. The topological polar surface area (TPSA) is 113 Å². The first-order valence-corrected chi connectivity index (χ1v) is 6.10. The van der Waals surface area contributed by atoms with Gasteiger partial charge in [-0.15, -0.1) is 0 Å². The van der Waals surface area contributed by atoms with Crippen molar-refractivity contribution in [1.29, 1.82) is 0 Å². The van der Waals surface area contributed by atoms with Gasteiger partial charge in [-0.3, -0.25) is 19.7 Å². The largest absolute Gasteiger partial charge is 0.460 e. The maximum absolute atomic E-state index is 11.5. The number of carbonyl (C=O) groups is 2. The third kappa shape index (κ3) is 3.78. The highest BCUT2D eigenvalue weighted by Gasteiger charge is 2.19. The second-order valence-electron chi connectivity index (χ2n) is 4.38. The summed E-state index contributed by atoms with van der Waals surface area (Å²) >= 11 is 0. The number of hydrogen-bond donors (Lipinski definition) is 1. The molecular weight excluding hydrogens is 264 g/mol. The van der Waals surface area contributed by atoms with Crippen molar-refractivity contribution in [2.24, 2.45) is 11.7 Å². The van der Waals surface area contributed by atoms with Crippen molar-refractivity contribution in [2.75, 3.05) is 0 Å². The minimum Gasteiger partial charge on any atom is -0.460 e. The molecule has 0 fully saturated rings. The quantitative estimate of drug-likeness (QED) is 0.485. The first-order valence-electron chi connectivity index (χ1n) is 6.10. The molecule has 0 bridgehead atoms. The molecule has 108 valence electrons. The molecule has 0 spiro atoms. The molecule has 7 nitrogen and oxygen atoms in total. The molecular formula is C13H16N2O5. The lowest BCUT2D eigenvalue weighted by Gasteiger charge is -2.09. The van der Waals surface area contributed by atoms with Crippen LogP contribution in [0.4, 0.5) is 5.69 Å². The Labute approximate surface area is 115 Å². The second kappa shape index (κ2) is 6.65. The zero-order valence-corrected chi connectivity index (χ0v) is 11.3. The predicted octanol–water partition coefficient (Wildman–Crippen LogP) is 1.78. The number of esters is 1. The van der Waals surface area contributed by atoms with Crippen LogP contribution in [0.15, 0.2) is 18.2 Å². The van der Waals surface area contributed by atoms with Gasteiger partial charge in [-0.1, -0.05) is 13.8 Å². The molecule has 0 unspecified atom stereocenters. The van der Waals surface area contributed by atoms with Crippen molar-refractivity contribution >= 4 is 17.6 Å². The average Bonchev–Trinajstić information content (AvgIpc) is 2.43. The minimum atomic E-state index is -0.753. The highest BCUT2D eigenvalue weighted by molar-refractivity contribution is 5.93. The number of nitrogens with zero attached hydrogens (tertiary/aromatic N) is 1. The summed E-state index contributed by atoms with van der Waals surface area (Å²) in [6.45, 7) is 3.35. The molecule has 1 aromatic carbocycles. The molecule has 0 saturated carbocycles. The molecule has 1 atom stereocenters. The Hall–Kier alpha value is -2.44. The standard InChI is InChI=1S/C13H16N2O5/c1-3-8(2)13(17)20-7-10-5-4-9(12(14)16)6-11(10)15(18)19/h4-6,8H,3,7H2,1-2H3,(H2,14,16)/t8-/m1/s1. The predicted molar refractivity (Wildman–Crippen MR) is 70.9 cm³/mol. The summed E-state index contributed by atoms with van der Waals surface area (Å²) in [5, 5.41) is 10.9. The van der Waals surface area contributed by atoms with Crippen molar-refractivity contribution in [3.63, 3.8) is 0 Å². The maximum Gasteiger partial charge on any atom is 0.308 e. The van der Waals surface area contributed by atoms with Crippen LogP contribution in [-0.2, 0) is 16.1 Å². The number of carbonyl (C=O) groups excluding carboxylic acids is 2. The Morgan fingerprint density at radius 2 is 2.10 bits per heavy atom. The molecule has 1 amide bonds. The molecule has 0 radical (unpaired) electrons. The number of nitrogens with two attached hydrogens (primary N) is 1. The number of nitro groups is 1. The fourth-order valence-electron chi connectivity index (χ4n) is 1.47. The number of primary amides is 1. The highest BCUT2D eigenvalue weighted by atomic mass is 16.6. The molecule has 1 aromatic rings. The van der Waals surface area contributed by atoms with Gasteiger partial charge in [0.2, 0.25) is 5.91 Å². The van der Waals surface area contributed by atoms with Crippen LogP contribution in [0.25, 0.3) is 0 Å². The van der Waals surface area contributed by atoms with Gasteiger partial charge < -0.3 is 10.5 Å². The average molecular weight is 280 g/mol. The van der Waals surface area contributed by atoms with E-state index in [1.54, 1.807) is 6.92 Å². The smallest absolute Gasteiger partial charge is 0.308 e. The lowest BCUT2D eigenvalue weighted by molar-refractivity contribution is -0.385. The van der Waals surface area contributed by atoms with Crippen LogP contribution in [0.1, 0.15) is 36.2 Å². The summed E-state index contributed by atoms with van der Waals surface area (Å²) in [6.07, 6.45) is 0.627. The van der Waals surface area contributed by atoms with Gasteiger partial charge in [0.25, 0.3) is 5.69 Å². The molecule has 0 aliphatic heterocycles. The Morgan fingerprint density at radius 3 is 2.60 bits per heavy atom. The van der Waals surface area contributed by atoms with Crippen molar-refractivity contribution < 1.29 is 19.2 Å². The summed E-state index contributed by atoms with van der Waals surface area (Å²) < 4.78 is 5.01. The van der Waals surface area contributed by atoms with Crippen molar-refractivity contribution in [1.82, 2.24) is 0 Å². The van der Waals surface area contributed by atoms with Crippen LogP contribution in [-0.4, -0.2) is 16.8 Å². The third-order valence-corrected chi connectivity index (χ3v) is 2.95. The normalized spacial score (nSPS) is 11.7. The van der Waals surface area contributed by atoms with Crippen LogP contribution in [0.2, 0.25) is 0 Å². The lowest BCUT2D eigenvalue weighted by Crippen LogP contribution is -2.15. The van der Waals surface area contributed by atoms with Crippen LogP contribution in [0.3, 0.4) is 0 Å². The van der Waals surface area contributed by atoms with E-state index < -0.39 is 16.8 Å². The monoisotopic (exact) mass is 280 g/mol. The summed E-state index contributed by atoms with van der Waals surface area (Å²) in [7, 11) is 0. The van der Waals surface area contributed by atoms with E-state index in [9.17, 15) is 19.7 Å². The summed E-state index contributed by atoms with van der Waals surface area (Å²) in [4.78, 5) is 32.8. The minimum absolute atomic E-state index is 0.0358. The first kappa shape index (κ1) is 15.6. The van der Waals surface area contributed by atoms with Gasteiger partial charge in [-0.25, -0.2) is 0 Å². The zero-order chi connectivity index (χ0) is 15.3. The number of benzene rings is 1. The van der Waals surface area contributed by atoms with Gasteiger partial charge in [-0.05, 0) is 18.6 Å². The maximum atomic E-state index is 11.5. The number of hydrogen-bond acceptors (Lipinski definition) is 5. The van der Waals surface area contributed by atoms with Crippen LogP contribution in [0, 0.1) is 16.0 Å². The summed E-state index contributed by atoms with van der Waals surface area (Å²) in [5.41, 5.74) is 5.03. The summed E-state index contributed by atoms with van der Waals surface area (Å²) in [5.74, 6) is -1.43. The van der Waals surface area contributed by atoms with E-state index in [-0.39, 0.29) is 29.3 Å². The molecule has 0 heterocycles. The van der Waals surface area contributed by atoms with Gasteiger partial charge in [0.05, 0.1) is 16.4 Å². The third-order valence-electron chi connectivity index (χ3n) is 2.95. The number of rotatable bonds is 6. The molecule has 20 heavy (non-hydrogen) atoms. The number of amides is 1. The van der Waals surface area contributed by atoms with Gasteiger partial charge in [0.1, 0.15) is 6.61 Å². The van der Waals surface area contributed by atoms with Crippen LogP contribution in [0.5, 0.6) is 0 Å². The van der Waals surface area contributed by atoms with E-state index >= 15 is 0 Å².